The average molecular weight is 662 g/mol. The van der Waals surface area contributed by atoms with Crippen LogP contribution in [0.2, 0.25) is 0 Å². The Morgan fingerprint density at radius 3 is 2.54 bits per heavy atom. The van der Waals surface area contributed by atoms with Gasteiger partial charge in [-0.25, -0.2) is 13.1 Å². The first-order valence-electron chi connectivity index (χ1n) is 15.1. The molecule has 0 radical (unpaired) electrons. The van der Waals surface area contributed by atoms with E-state index in [1.807, 2.05) is 12.1 Å². The number of aromatic nitrogens is 4. The van der Waals surface area contributed by atoms with Gasteiger partial charge in [0.1, 0.15) is 12.3 Å². The summed E-state index contributed by atoms with van der Waals surface area (Å²) in [5, 5.41) is 10.5. The van der Waals surface area contributed by atoms with Crippen molar-refractivity contribution in [3.05, 3.63) is 78.2 Å². The lowest BCUT2D eigenvalue weighted by Gasteiger charge is -2.25. The lowest BCUT2D eigenvalue weighted by molar-refractivity contribution is -0.686. The normalized spacial score (nSPS) is 15.6. The van der Waals surface area contributed by atoms with E-state index in [0.717, 1.165) is 65.8 Å². The van der Waals surface area contributed by atoms with Crippen LogP contribution in [0, 0.1) is 0 Å². The fourth-order valence-corrected chi connectivity index (χ4v) is 7.89. The summed E-state index contributed by atoms with van der Waals surface area (Å²) in [5.41, 5.74) is 4.81. The van der Waals surface area contributed by atoms with Crippen LogP contribution in [-0.2, 0) is 29.6 Å². The lowest BCUT2D eigenvalue weighted by Crippen LogP contribution is -3.00. The van der Waals surface area contributed by atoms with Crippen LogP contribution in [0.3, 0.4) is 0 Å². The summed E-state index contributed by atoms with van der Waals surface area (Å²) >= 11 is 0. The molecule has 0 saturated carbocycles. The topological polar surface area (TPSA) is 109 Å². The van der Waals surface area contributed by atoms with Gasteiger partial charge in [-0.15, -0.1) is 5.10 Å². The number of halogens is 1. The molecule has 3 aromatic carbocycles. The maximum atomic E-state index is 13.0. The molecule has 2 aromatic heterocycles. The minimum Gasteiger partial charge on any atom is -1.00 e. The van der Waals surface area contributed by atoms with Crippen molar-refractivity contribution in [2.24, 2.45) is 0 Å². The zero-order valence-corrected chi connectivity index (χ0v) is 26.8. The number of aryl methyl sites for hydroxylation is 2. The molecule has 1 saturated heterocycles. The van der Waals surface area contributed by atoms with Crippen LogP contribution in [0.4, 0.5) is 0 Å². The molecule has 238 valence electrons. The Morgan fingerprint density at radius 2 is 1.76 bits per heavy atom. The molecule has 1 fully saturated rings. The molecule has 0 atom stereocenters. The van der Waals surface area contributed by atoms with E-state index < -0.39 is 10.0 Å². The number of methoxy groups -OCH3 is 1. The summed E-state index contributed by atoms with van der Waals surface area (Å²) in [7, 11) is -1.87. The van der Waals surface area contributed by atoms with Gasteiger partial charge in [0.15, 0.2) is 35.7 Å². The van der Waals surface area contributed by atoms with Gasteiger partial charge in [-0.3, -0.25) is 0 Å². The molecule has 3 aliphatic heterocycles. The van der Waals surface area contributed by atoms with Crippen molar-refractivity contribution in [3.8, 4) is 39.9 Å². The lowest BCUT2D eigenvalue weighted by atomic mass is 9.95. The molecule has 0 unspecified atom stereocenters. The smallest absolute Gasteiger partial charge is 0.243 e. The van der Waals surface area contributed by atoms with E-state index in [4.69, 9.17) is 18.9 Å². The second kappa shape index (κ2) is 12.1. The van der Waals surface area contributed by atoms with E-state index in [1.165, 1.54) is 5.56 Å². The maximum absolute atomic E-state index is 13.0. The molecule has 5 aromatic rings. The van der Waals surface area contributed by atoms with E-state index in [-0.39, 0.29) is 30.7 Å². The molecular weight excluding hydrogens is 630 g/mol. The third-order valence-electron chi connectivity index (χ3n) is 8.76. The molecule has 0 spiro atoms. The van der Waals surface area contributed by atoms with Crippen molar-refractivity contribution in [1.29, 1.82) is 0 Å². The number of pyridine rings is 1. The number of hydrogen-bond acceptors (Lipinski definition) is 8. The molecule has 11 nitrogen and oxygen atoms in total. The van der Waals surface area contributed by atoms with Gasteiger partial charge in [-0.05, 0) is 72.3 Å². The Balaban J connectivity index is 0.00000338. The molecule has 8 rings (SSSR count). The van der Waals surface area contributed by atoms with Gasteiger partial charge >= 0.3 is 0 Å². The highest BCUT2D eigenvalue weighted by atomic mass is 35.5. The molecule has 46 heavy (non-hydrogen) atoms. The minimum absolute atomic E-state index is 0. The fourth-order valence-electron chi connectivity index (χ4n) is 6.37. The molecule has 0 bridgehead atoms. The first-order chi connectivity index (χ1) is 22.0. The summed E-state index contributed by atoms with van der Waals surface area (Å²) in [6, 6.07) is 17.0. The van der Waals surface area contributed by atoms with Gasteiger partial charge in [0, 0.05) is 25.6 Å². The summed E-state index contributed by atoms with van der Waals surface area (Å²) in [4.78, 5) is 0.287. The number of benzene rings is 3. The Bertz CT molecular complexity index is 2040. The molecule has 0 amide bonds. The van der Waals surface area contributed by atoms with Crippen molar-refractivity contribution in [2.45, 2.75) is 43.7 Å². The van der Waals surface area contributed by atoms with E-state index in [2.05, 4.69) is 39.3 Å². The number of rotatable bonds is 7. The van der Waals surface area contributed by atoms with E-state index in [9.17, 15) is 8.42 Å². The molecule has 0 aliphatic carbocycles. The van der Waals surface area contributed by atoms with Gasteiger partial charge in [0.25, 0.3) is 0 Å². The monoisotopic (exact) mass is 661 g/mol. The number of fused-ring (bicyclic) bond motifs is 5. The van der Waals surface area contributed by atoms with Crippen LogP contribution in [-0.4, -0.2) is 54.7 Å². The average Bonchev–Trinajstić information content (AvgIpc) is 3.75. The quantitative estimate of drug-likeness (QED) is 0.241. The first kappa shape index (κ1) is 30.3. The highest BCUT2D eigenvalue weighted by Crippen LogP contribution is 2.42. The number of nitrogens with zero attached hydrogens (tertiary/aromatic N) is 5. The molecule has 13 heteroatoms. The van der Waals surface area contributed by atoms with Crippen molar-refractivity contribution >= 4 is 20.8 Å². The molecule has 5 heterocycles. The van der Waals surface area contributed by atoms with Gasteiger partial charge < -0.3 is 31.4 Å². The third kappa shape index (κ3) is 5.29. The second-order valence-electron chi connectivity index (χ2n) is 11.5. The van der Waals surface area contributed by atoms with Crippen molar-refractivity contribution in [1.82, 2.24) is 19.3 Å². The molecule has 3 aliphatic rings. The van der Waals surface area contributed by atoms with Crippen LogP contribution < -0.4 is 35.9 Å². The second-order valence-corrected chi connectivity index (χ2v) is 13.4. The van der Waals surface area contributed by atoms with Gasteiger partial charge in [0.05, 0.1) is 34.8 Å². The summed E-state index contributed by atoms with van der Waals surface area (Å²) in [5.74, 6) is 2.83. The van der Waals surface area contributed by atoms with Crippen LogP contribution in [0.1, 0.15) is 30.5 Å². The number of sulfonamides is 1. The largest absolute Gasteiger partial charge is 1.00 e. The maximum Gasteiger partial charge on any atom is 0.243 e. The number of piperidine rings is 1. The first-order valence-corrected chi connectivity index (χ1v) is 16.5. The summed E-state index contributed by atoms with van der Waals surface area (Å²) in [6.45, 7) is 2.38. The van der Waals surface area contributed by atoms with Crippen LogP contribution in [0.5, 0.6) is 23.0 Å². The minimum atomic E-state index is -3.50. The summed E-state index contributed by atoms with van der Waals surface area (Å²) in [6.07, 6.45) is 7.64. The Morgan fingerprint density at radius 1 is 0.978 bits per heavy atom. The predicted molar refractivity (Wildman–Crippen MR) is 164 cm³/mol. The van der Waals surface area contributed by atoms with Gasteiger partial charge in [0.2, 0.25) is 22.5 Å². The van der Waals surface area contributed by atoms with Crippen LogP contribution >= 0.6 is 0 Å². The fraction of sp³-hybridized carbons (Fsp3) is 0.303. The van der Waals surface area contributed by atoms with Crippen molar-refractivity contribution in [3.63, 3.8) is 0 Å². The highest BCUT2D eigenvalue weighted by molar-refractivity contribution is 7.89. The van der Waals surface area contributed by atoms with Crippen molar-refractivity contribution < 1.29 is 44.3 Å². The third-order valence-corrected chi connectivity index (χ3v) is 10.7. The Kier molecular flexibility index (Phi) is 7.95. The van der Waals surface area contributed by atoms with E-state index >= 15 is 0 Å². The highest BCUT2D eigenvalue weighted by Gasteiger charge is 2.29. The van der Waals surface area contributed by atoms with Crippen molar-refractivity contribution in [2.75, 3.05) is 27.0 Å². The molecular formula is C33H32ClN5O6S. The predicted octanol–water partition coefficient (Wildman–Crippen LogP) is 1.43. The van der Waals surface area contributed by atoms with Crippen LogP contribution in [0.25, 0.3) is 27.7 Å². The zero-order chi connectivity index (χ0) is 30.5. The van der Waals surface area contributed by atoms with E-state index in [0.29, 0.717) is 36.0 Å². The summed E-state index contributed by atoms with van der Waals surface area (Å²) < 4.78 is 54.8. The SMILES string of the molecule is COc1ccc2cc3[n+](cc2c1OCc1cn(-c2ccc(S(=O)(=O)N4CCCCC4)cc2)nn1)CCc1cc2c(cc1-3)OCO2.[Cl-]. The van der Waals surface area contributed by atoms with E-state index in [1.54, 1.807) is 46.6 Å². The van der Waals surface area contributed by atoms with Gasteiger partial charge in [-0.2, -0.15) is 8.87 Å². The Hall–Kier alpha value is -4.39. The van der Waals surface area contributed by atoms with Gasteiger partial charge in [-0.1, -0.05) is 11.6 Å². The number of ether oxygens (including phenoxy) is 4. The zero-order valence-electron chi connectivity index (χ0n) is 25.2. The Labute approximate surface area is 272 Å². The molecule has 0 N–H and O–H groups in total. The number of hydrogen-bond donors (Lipinski definition) is 0. The standard InChI is InChI=1S/C33H32N5O6S.ClH/c1-41-30-10-5-22-15-29-27-17-32-31(43-21-44-32)16-23(27)11-14-36(29)19-28(22)33(30)42-20-24-18-38(35-34-24)25-6-8-26(9-7-25)45(39,40)37-12-3-2-4-13-37;/h5-10,15-19H,2-4,11-14,20-21H2,1H3;1H/q+1;/p-1. The van der Waals surface area contributed by atoms with Crippen LogP contribution in [0.15, 0.2) is 71.9 Å².